The number of ketones is 1. The summed E-state index contributed by atoms with van der Waals surface area (Å²) in [5.74, 6) is 1.06. The van der Waals surface area contributed by atoms with Crippen LogP contribution in [0.25, 0.3) is 0 Å². The first-order valence-electron chi connectivity index (χ1n) is 13.0. The van der Waals surface area contributed by atoms with Crippen LogP contribution < -0.4 is 0 Å². The van der Waals surface area contributed by atoms with Gasteiger partial charge in [0.15, 0.2) is 5.78 Å². The number of carbonyl (C=O) groups excluding carboxylic acids is 1. The molecule has 35 heavy (non-hydrogen) atoms. The van der Waals surface area contributed by atoms with E-state index in [9.17, 15) is 9.90 Å². The highest BCUT2D eigenvalue weighted by Crippen LogP contribution is 2.46. The van der Waals surface area contributed by atoms with Crippen LogP contribution in [0, 0.1) is 24.2 Å². The van der Waals surface area contributed by atoms with E-state index < -0.39 is 0 Å². The van der Waals surface area contributed by atoms with Crippen molar-refractivity contribution in [2.45, 2.75) is 92.0 Å². The fraction of sp³-hybridized carbons (Fsp3) is 0.548. The third-order valence-electron chi connectivity index (χ3n) is 8.04. The lowest BCUT2D eigenvalue weighted by atomic mass is 9.64. The van der Waals surface area contributed by atoms with Gasteiger partial charge in [0.25, 0.3) is 0 Å². The standard InChI is InChI=1S/C31H42ClNO2/c1-20(2)31(14-12-25(13-15-31)30(5,6)7)33-29(24-17-26(32)19-27(34)18-24)28(35)16-22(4)23-10-8-21(3)9-11-23/h8-11,17-20,22,25,34H,12-16H2,1-7H3. The Hall–Kier alpha value is -2.13. The molecular weight excluding hydrogens is 454 g/mol. The molecular formula is C31H42ClNO2. The maximum atomic E-state index is 13.8. The summed E-state index contributed by atoms with van der Waals surface area (Å²) < 4.78 is 0. The Morgan fingerprint density at radius 2 is 1.69 bits per heavy atom. The number of halogens is 1. The molecule has 1 fully saturated rings. The fourth-order valence-corrected chi connectivity index (χ4v) is 5.64. The summed E-state index contributed by atoms with van der Waals surface area (Å²) in [6.07, 6.45) is 4.49. The van der Waals surface area contributed by atoms with E-state index in [2.05, 4.69) is 72.7 Å². The van der Waals surface area contributed by atoms with Crippen LogP contribution in [-0.4, -0.2) is 22.1 Å². The molecule has 1 aliphatic carbocycles. The van der Waals surface area contributed by atoms with Crippen LogP contribution in [0.3, 0.4) is 0 Å². The summed E-state index contributed by atoms with van der Waals surface area (Å²) >= 11 is 6.30. The first-order valence-corrected chi connectivity index (χ1v) is 13.4. The first-order chi connectivity index (χ1) is 16.3. The van der Waals surface area contributed by atoms with Gasteiger partial charge in [0.05, 0.1) is 5.54 Å². The average molecular weight is 496 g/mol. The number of phenols is 1. The molecule has 1 unspecified atom stereocenters. The maximum absolute atomic E-state index is 13.8. The van der Waals surface area contributed by atoms with E-state index in [4.69, 9.17) is 16.6 Å². The van der Waals surface area contributed by atoms with Gasteiger partial charge in [0.1, 0.15) is 11.5 Å². The second kappa shape index (κ2) is 10.9. The maximum Gasteiger partial charge on any atom is 0.181 e. The van der Waals surface area contributed by atoms with Gasteiger partial charge in [-0.05, 0) is 79.5 Å². The molecule has 1 saturated carbocycles. The monoisotopic (exact) mass is 495 g/mol. The fourth-order valence-electron chi connectivity index (χ4n) is 5.41. The highest BCUT2D eigenvalue weighted by atomic mass is 35.5. The molecule has 0 aliphatic heterocycles. The van der Waals surface area contributed by atoms with Crippen LogP contribution in [-0.2, 0) is 4.79 Å². The molecule has 0 spiro atoms. The summed E-state index contributed by atoms with van der Waals surface area (Å²) in [6, 6.07) is 13.2. The lowest BCUT2D eigenvalue weighted by molar-refractivity contribution is -0.113. The molecule has 0 amide bonds. The summed E-state index contributed by atoms with van der Waals surface area (Å²) in [5.41, 5.74) is 3.37. The largest absolute Gasteiger partial charge is 0.508 e. The van der Waals surface area contributed by atoms with Gasteiger partial charge >= 0.3 is 0 Å². The predicted molar refractivity (Wildman–Crippen MR) is 148 cm³/mol. The molecule has 1 N–H and O–H groups in total. The van der Waals surface area contributed by atoms with Crippen molar-refractivity contribution in [2.24, 2.45) is 22.2 Å². The van der Waals surface area contributed by atoms with E-state index >= 15 is 0 Å². The number of aliphatic imine (C=N–C) groups is 1. The van der Waals surface area contributed by atoms with Crippen LogP contribution in [0.1, 0.15) is 96.3 Å². The lowest BCUT2D eigenvalue weighted by Gasteiger charge is -2.44. The van der Waals surface area contributed by atoms with E-state index in [0.29, 0.717) is 34.6 Å². The zero-order chi connectivity index (χ0) is 26.0. The van der Waals surface area contributed by atoms with E-state index in [1.165, 1.54) is 11.6 Å². The van der Waals surface area contributed by atoms with E-state index in [1.54, 1.807) is 12.1 Å². The number of rotatable bonds is 7. The van der Waals surface area contributed by atoms with Crippen LogP contribution in [0.5, 0.6) is 5.75 Å². The lowest BCUT2D eigenvalue weighted by Crippen LogP contribution is -2.41. The zero-order valence-electron chi connectivity index (χ0n) is 22.5. The number of aromatic hydroxyl groups is 1. The number of carbonyl (C=O) groups is 1. The Labute approximate surface area is 217 Å². The van der Waals surface area contributed by atoms with Crippen LogP contribution in [0.2, 0.25) is 5.02 Å². The smallest absolute Gasteiger partial charge is 0.181 e. The minimum atomic E-state index is -0.294. The highest BCUT2D eigenvalue weighted by Gasteiger charge is 2.41. The number of phenolic OH excluding ortho intramolecular Hbond substituents is 1. The normalized spacial score (nSPS) is 22.3. The molecule has 1 aliphatic rings. The topological polar surface area (TPSA) is 49.7 Å². The van der Waals surface area contributed by atoms with E-state index in [0.717, 1.165) is 31.2 Å². The summed E-state index contributed by atoms with van der Waals surface area (Å²) in [6.45, 7) is 15.5. The molecule has 0 radical (unpaired) electrons. The minimum Gasteiger partial charge on any atom is -0.508 e. The van der Waals surface area contributed by atoms with Gasteiger partial charge in [-0.15, -0.1) is 0 Å². The summed E-state index contributed by atoms with van der Waals surface area (Å²) in [4.78, 5) is 19.1. The Balaban J connectivity index is 2.00. The first kappa shape index (κ1) is 27.5. The Bertz CT molecular complexity index is 1030. The molecule has 0 saturated heterocycles. The predicted octanol–water partition coefficient (Wildman–Crippen LogP) is 8.54. The number of hydrogen-bond acceptors (Lipinski definition) is 3. The van der Waals surface area contributed by atoms with E-state index in [1.807, 2.05) is 0 Å². The van der Waals surface area contributed by atoms with Crippen molar-refractivity contribution in [3.05, 3.63) is 64.2 Å². The quantitative estimate of drug-likeness (QED) is 0.391. The molecule has 0 aromatic heterocycles. The molecule has 4 heteroatoms. The summed E-state index contributed by atoms with van der Waals surface area (Å²) in [7, 11) is 0. The van der Waals surface area contributed by atoms with E-state index in [-0.39, 0.29) is 28.4 Å². The third-order valence-corrected chi connectivity index (χ3v) is 8.26. The van der Waals surface area contributed by atoms with Crippen LogP contribution >= 0.6 is 11.6 Å². The molecule has 1 atom stereocenters. The van der Waals surface area contributed by atoms with Crippen molar-refractivity contribution in [3.63, 3.8) is 0 Å². The Kier molecular flexibility index (Phi) is 8.52. The van der Waals surface area contributed by atoms with Gasteiger partial charge in [-0.25, -0.2) is 0 Å². The average Bonchev–Trinajstić information content (AvgIpc) is 2.76. The second-order valence-corrected chi connectivity index (χ2v) is 12.4. The van der Waals surface area contributed by atoms with Crippen LogP contribution in [0.4, 0.5) is 0 Å². The van der Waals surface area contributed by atoms with Gasteiger partial charge in [-0.2, -0.15) is 0 Å². The van der Waals surface area contributed by atoms with Gasteiger partial charge in [0, 0.05) is 17.0 Å². The SMILES string of the molecule is Cc1ccc(C(C)CC(=O)C(=NC2(C(C)C)CCC(C(C)(C)C)CC2)c2cc(O)cc(Cl)c2)cc1. The number of Topliss-reactive ketones (excluding diaryl/α,β-unsaturated/α-hetero) is 1. The van der Waals surface area contributed by atoms with Crippen molar-refractivity contribution < 1.29 is 9.90 Å². The van der Waals surface area contributed by atoms with Crippen molar-refractivity contribution in [1.29, 1.82) is 0 Å². The molecule has 2 aromatic carbocycles. The Morgan fingerprint density at radius 3 is 2.20 bits per heavy atom. The number of nitrogens with zero attached hydrogens (tertiary/aromatic N) is 1. The van der Waals surface area contributed by atoms with Gasteiger partial charge in [-0.3, -0.25) is 9.79 Å². The van der Waals surface area contributed by atoms with Crippen LogP contribution in [0.15, 0.2) is 47.5 Å². The minimum absolute atomic E-state index is 0.00212. The molecule has 0 heterocycles. The second-order valence-electron chi connectivity index (χ2n) is 12.0. The molecule has 2 aromatic rings. The molecule has 3 rings (SSSR count). The molecule has 0 bridgehead atoms. The van der Waals surface area contributed by atoms with Gasteiger partial charge < -0.3 is 5.11 Å². The molecule has 3 nitrogen and oxygen atoms in total. The number of benzene rings is 2. The number of aryl methyl sites for hydroxylation is 1. The summed E-state index contributed by atoms with van der Waals surface area (Å²) in [5, 5.41) is 10.7. The van der Waals surface area contributed by atoms with Crippen molar-refractivity contribution >= 4 is 23.1 Å². The molecule has 190 valence electrons. The van der Waals surface area contributed by atoms with Crippen molar-refractivity contribution in [1.82, 2.24) is 0 Å². The van der Waals surface area contributed by atoms with Crippen molar-refractivity contribution in [3.8, 4) is 5.75 Å². The van der Waals surface area contributed by atoms with Crippen molar-refractivity contribution in [2.75, 3.05) is 0 Å². The Morgan fingerprint density at radius 1 is 1.09 bits per heavy atom. The van der Waals surface area contributed by atoms with Gasteiger partial charge in [0.2, 0.25) is 0 Å². The zero-order valence-corrected chi connectivity index (χ0v) is 23.2. The third kappa shape index (κ3) is 6.76. The van der Waals surface area contributed by atoms with Gasteiger partial charge in [-0.1, -0.05) is 83.0 Å². The highest BCUT2D eigenvalue weighted by molar-refractivity contribution is 6.47. The number of hydrogen-bond donors (Lipinski definition) is 1.